The van der Waals surface area contributed by atoms with Gasteiger partial charge in [0, 0.05) is 19.1 Å². The number of piperidine rings is 1. The Hall–Kier alpha value is -0.770. The maximum Gasteiger partial charge on any atom is 0.404 e. The number of nitrogens with zero attached hydrogens (tertiary/aromatic N) is 1. The highest BCUT2D eigenvalue weighted by Crippen LogP contribution is 2.28. The summed E-state index contributed by atoms with van der Waals surface area (Å²) in [6.07, 6.45) is 10.5. The molecule has 0 radical (unpaired) electrons. The molecule has 0 aromatic heterocycles. The molecule has 4 nitrogen and oxygen atoms in total. The first-order valence-electron chi connectivity index (χ1n) is 8.91. The monoisotopic (exact) mass is 296 g/mol. The number of rotatable bonds is 6. The average Bonchev–Trinajstić information content (AvgIpc) is 2.47. The number of carbonyl (C=O) groups is 1. The minimum Gasteiger partial charge on any atom is -0.465 e. The molecule has 4 heteroatoms. The first-order valence-corrected chi connectivity index (χ1v) is 8.91. The SMILES string of the molecule is CCCCC1CCCN(C[C@H]2CCCC[C@H]2NC(=O)O)C1. The molecule has 1 aliphatic carbocycles. The van der Waals surface area contributed by atoms with E-state index in [-0.39, 0.29) is 6.04 Å². The lowest BCUT2D eigenvalue weighted by atomic mass is 9.83. The maximum absolute atomic E-state index is 11.0. The van der Waals surface area contributed by atoms with Crippen molar-refractivity contribution in [3.05, 3.63) is 0 Å². The van der Waals surface area contributed by atoms with Crippen LogP contribution in [0.1, 0.15) is 64.7 Å². The predicted molar refractivity (Wildman–Crippen MR) is 85.6 cm³/mol. The van der Waals surface area contributed by atoms with Gasteiger partial charge in [-0.3, -0.25) is 0 Å². The van der Waals surface area contributed by atoms with Crippen LogP contribution in [-0.2, 0) is 0 Å². The predicted octanol–water partition coefficient (Wildman–Crippen LogP) is 3.72. The molecule has 1 amide bonds. The number of hydrogen-bond donors (Lipinski definition) is 2. The summed E-state index contributed by atoms with van der Waals surface area (Å²) in [5.74, 6) is 1.38. The zero-order valence-electron chi connectivity index (χ0n) is 13.5. The van der Waals surface area contributed by atoms with E-state index in [9.17, 15) is 4.79 Å². The second-order valence-electron chi connectivity index (χ2n) is 7.01. The van der Waals surface area contributed by atoms with Crippen LogP contribution in [0.25, 0.3) is 0 Å². The maximum atomic E-state index is 11.0. The Morgan fingerprint density at radius 3 is 2.81 bits per heavy atom. The zero-order chi connectivity index (χ0) is 15.1. The molecule has 2 fully saturated rings. The van der Waals surface area contributed by atoms with Gasteiger partial charge in [0.1, 0.15) is 0 Å². The summed E-state index contributed by atoms with van der Waals surface area (Å²) in [7, 11) is 0. The van der Waals surface area contributed by atoms with Crippen LogP contribution in [-0.4, -0.2) is 41.8 Å². The van der Waals surface area contributed by atoms with Crippen molar-refractivity contribution in [1.29, 1.82) is 0 Å². The summed E-state index contributed by atoms with van der Waals surface area (Å²) >= 11 is 0. The lowest BCUT2D eigenvalue weighted by Gasteiger charge is -2.39. The van der Waals surface area contributed by atoms with Crippen molar-refractivity contribution in [2.45, 2.75) is 70.8 Å². The molecule has 3 atom stereocenters. The van der Waals surface area contributed by atoms with Crippen molar-refractivity contribution in [1.82, 2.24) is 10.2 Å². The molecular weight excluding hydrogens is 264 g/mol. The van der Waals surface area contributed by atoms with Crippen molar-refractivity contribution >= 4 is 6.09 Å². The second kappa shape index (κ2) is 8.62. The first-order chi connectivity index (χ1) is 10.2. The van der Waals surface area contributed by atoms with Crippen molar-refractivity contribution < 1.29 is 9.90 Å². The molecule has 2 rings (SSSR count). The fraction of sp³-hybridized carbons (Fsp3) is 0.941. The average molecular weight is 296 g/mol. The highest BCUT2D eigenvalue weighted by molar-refractivity contribution is 5.64. The third-order valence-corrected chi connectivity index (χ3v) is 5.28. The van der Waals surface area contributed by atoms with Gasteiger partial charge in [-0.15, -0.1) is 0 Å². The first kappa shape index (κ1) is 16.6. The third-order valence-electron chi connectivity index (χ3n) is 5.28. The molecule has 1 aliphatic heterocycles. The van der Waals surface area contributed by atoms with E-state index in [2.05, 4.69) is 17.1 Å². The van der Waals surface area contributed by atoms with E-state index in [4.69, 9.17) is 5.11 Å². The van der Waals surface area contributed by atoms with E-state index in [1.54, 1.807) is 0 Å². The number of likely N-dealkylation sites (tertiary alicyclic amines) is 1. The molecule has 1 heterocycles. The minimum absolute atomic E-state index is 0.173. The quantitative estimate of drug-likeness (QED) is 0.785. The molecule has 2 N–H and O–H groups in total. The van der Waals surface area contributed by atoms with Crippen molar-refractivity contribution in [3.63, 3.8) is 0 Å². The number of hydrogen-bond acceptors (Lipinski definition) is 2. The van der Waals surface area contributed by atoms with Gasteiger partial charge in [0.2, 0.25) is 0 Å². The van der Waals surface area contributed by atoms with Crippen LogP contribution < -0.4 is 5.32 Å². The van der Waals surface area contributed by atoms with E-state index in [1.807, 2.05) is 0 Å². The Morgan fingerprint density at radius 2 is 2.05 bits per heavy atom. The van der Waals surface area contributed by atoms with Crippen LogP contribution in [0, 0.1) is 11.8 Å². The fourth-order valence-corrected chi connectivity index (χ4v) is 4.15. The lowest BCUT2D eigenvalue weighted by molar-refractivity contribution is 0.114. The lowest BCUT2D eigenvalue weighted by Crippen LogP contribution is -2.47. The van der Waals surface area contributed by atoms with Crippen molar-refractivity contribution in [3.8, 4) is 0 Å². The Balaban J connectivity index is 1.81. The molecule has 0 aromatic rings. The molecule has 2 aliphatic rings. The van der Waals surface area contributed by atoms with E-state index in [1.165, 1.54) is 64.5 Å². The summed E-state index contributed by atoms with van der Waals surface area (Å²) in [6.45, 7) is 5.80. The third kappa shape index (κ3) is 5.50. The largest absolute Gasteiger partial charge is 0.465 e. The Kier molecular flexibility index (Phi) is 6.81. The number of amides is 1. The Labute approximate surface area is 129 Å². The van der Waals surface area contributed by atoms with Crippen LogP contribution in [0.3, 0.4) is 0 Å². The molecule has 1 saturated heterocycles. The highest BCUT2D eigenvalue weighted by Gasteiger charge is 2.29. The van der Waals surface area contributed by atoms with E-state index >= 15 is 0 Å². The molecule has 1 saturated carbocycles. The van der Waals surface area contributed by atoms with E-state index in [0.29, 0.717) is 5.92 Å². The second-order valence-corrected chi connectivity index (χ2v) is 7.01. The topological polar surface area (TPSA) is 52.6 Å². The van der Waals surface area contributed by atoms with Crippen LogP contribution in [0.5, 0.6) is 0 Å². The standard InChI is InChI=1S/C17H32N2O2/c1-2-3-7-14-8-6-11-19(12-14)13-15-9-4-5-10-16(15)18-17(20)21/h14-16,18H,2-13H2,1H3,(H,20,21)/t14?,15-,16-/m1/s1. The molecule has 0 spiro atoms. The van der Waals surface area contributed by atoms with Gasteiger partial charge in [0.15, 0.2) is 0 Å². The molecule has 0 aromatic carbocycles. The summed E-state index contributed by atoms with van der Waals surface area (Å²) in [5.41, 5.74) is 0. The number of unbranched alkanes of at least 4 members (excludes halogenated alkanes) is 1. The van der Waals surface area contributed by atoms with Crippen molar-refractivity contribution in [2.24, 2.45) is 11.8 Å². The van der Waals surface area contributed by atoms with Gasteiger partial charge in [-0.05, 0) is 50.5 Å². The van der Waals surface area contributed by atoms with E-state index < -0.39 is 6.09 Å². The van der Waals surface area contributed by atoms with Gasteiger partial charge in [-0.25, -0.2) is 4.79 Å². The molecule has 122 valence electrons. The van der Waals surface area contributed by atoms with Gasteiger partial charge in [-0.1, -0.05) is 32.6 Å². The fourth-order valence-electron chi connectivity index (χ4n) is 4.15. The Bertz CT molecular complexity index is 322. The van der Waals surface area contributed by atoms with E-state index in [0.717, 1.165) is 18.9 Å². The van der Waals surface area contributed by atoms with Crippen molar-refractivity contribution in [2.75, 3.05) is 19.6 Å². The van der Waals surface area contributed by atoms with Gasteiger partial charge in [-0.2, -0.15) is 0 Å². The molecule has 0 bridgehead atoms. The minimum atomic E-state index is -0.855. The van der Waals surface area contributed by atoms with Gasteiger partial charge >= 0.3 is 6.09 Å². The molecular formula is C17H32N2O2. The van der Waals surface area contributed by atoms with Crippen LogP contribution in [0.2, 0.25) is 0 Å². The summed E-state index contributed by atoms with van der Waals surface area (Å²) in [5, 5.41) is 11.8. The Morgan fingerprint density at radius 1 is 1.24 bits per heavy atom. The van der Waals surface area contributed by atoms with Crippen LogP contribution in [0.4, 0.5) is 4.79 Å². The van der Waals surface area contributed by atoms with Gasteiger partial charge < -0.3 is 15.3 Å². The summed E-state index contributed by atoms with van der Waals surface area (Å²) in [6, 6.07) is 0.173. The van der Waals surface area contributed by atoms with Crippen LogP contribution in [0.15, 0.2) is 0 Å². The van der Waals surface area contributed by atoms with Gasteiger partial charge in [0.05, 0.1) is 0 Å². The number of carboxylic acid groups (broad SMARTS) is 1. The normalized spacial score (nSPS) is 31.0. The zero-order valence-corrected chi connectivity index (χ0v) is 13.5. The van der Waals surface area contributed by atoms with Crippen LogP contribution >= 0.6 is 0 Å². The highest BCUT2D eigenvalue weighted by atomic mass is 16.4. The molecule has 1 unspecified atom stereocenters. The van der Waals surface area contributed by atoms with Gasteiger partial charge in [0.25, 0.3) is 0 Å². The summed E-state index contributed by atoms with van der Waals surface area (Å²) < 4.78 is 0. The smallest absolute Gasteiger partial charge is 0.404 e. The number of nitrogens with one attached hydrogen (secondary N) is 1. The molecule has 21 heavy (non-hydrogen) atoms. The summed E-state index contributed by atoms with van der Waals surface area (Å²) in [4.78, 5) is 13.6.